The Morgan fingerprint density at radius 3 is 2.50 bits per heavy atom. The van der Waals surface area contributed by atoms with Gasteiger partial charge in [0.25, 0.3) is 0 Å². The van der Waals surface area contributed by atoms with Gasteiger partial charge in [0.05, 0.1) is 0 Å². The third kappa shape index (κ3) is 1.35. The minimum Gasteiger partial charge on any atom is -0.0985 e. The molecule has 0 aliphatic heterocycles. The summed E-state index contributed by atoms with van der Waals surface area (Å²) in [6, 6.07) is 12.5. The van der Waals surface area contributed by atoms with E-state index in [0.29, 0.717) is 0 Å². The van der Waals surface area contributed by atoms with Crippen molar-refractivity contribution in [1.29, 1.82) is 0 Å². The van der Waals surface area contributed by atoms with Gasteiger partial charge < -0.3 is 0 Å². The SMILES string of the molecule is C=Cc1ccc2c(C=C)cccc2c1. The van der Waals surface area contributed by atoms with E-state index >= 15 is 0 Å². The zero-order valence-electron chi connectivity index (χ0n) is 8.03. The zero-order valence-corrected chi connectivity index (χ0v) is 8.03. The van der Waals surface area contributed by atoms with Crippen LogP contribution in [0.15, 0.2) is 49.6 Å². The molecule has 0 spiro atoms. The van der Waals surface area contributed by atoms with E-state index < -0.39 is 0 Å². The van der Waals surface area contributed by atoms with Gasteiger partial charge in [-0.2, -0.15) is 0 Å². The predicted molar refractivity (Wildman–Crippen MR) is 64.1 cm³/mol. The summed E-state index contributed by atoms with van der Waals surface area (Å²) in [6.45, 7) is 7.56. The van der Waals surface area contributed by atoms with Gasteiger partial charge >= 0.3 is 0 Å². The lowest BCUT2D eigenvalue weighted by Crippen LogP contribution is -1.79. The summed E-state index contributed by atoms with van der Waals surface area (Å²) in [5.74, 6) is 0. The summed E-state index contributed by atoms with van der Waals surface area (Å²) in [6.07, 6.45) is 3.75. The Bertz CT molecular complexity index is 492. The molecule has 0 fully saturated rings. The highest BCUT2D eigenvalue weighted by molar-refractivity contribution is 5.91. The molecule has 0 saturated carbocycles. The molecule has 2 rings (SSSR count). The molecule has 0 heteroatoms. The fourth-order valence-electron chi connectivity index (χ4n) is 1.63. The van der Waals surface area contributed by atoms with E-state index in [-0.39, 0.29) is 0 Å². The molecule has 0 radical (unpaired) electrons. The molecule has 0 unspecified atom stereocenters. The quantitative estimate of drug-likeness (QED) is 0.652. The molecule has 0 aromatic heterocycles. The molecule has 2 aromatic carbocycles. The van der Waals surface area contributed by atoms with Crippen LogP contribution in [-0.4, -0.2) is 0 Å². The van der Waals surface area contributed by atoms with Crippen LogP contribution < -0.4 is 0 Å². The zero-order chi connectivity index (χ0) is 9.97. The van der Waals surface area contributed by atoms with Crippen LogP contribution >= 0.6 is 0 Å². The van der Waals surface area contributed by atoms with Crippen LogP contribution in [0.25, 0.3) is 22.9 Å². The Hall–Kier alpha value is -1.82. The molecule has 0 aliphatic carbocycles. The van der Waals surface area contributed by atoms with E-state index in [1.807, 2.05) is 18.2 Å². The second kappa shape index (κ2) is 3.51. The molecule has 0 amide bonds. The molecule has 0 saturated heterocycles. The van der Waals surface area contributed by atoms with Gasteiger partial charge in [0.1, 0.15) is 0 Å². The second-order valence-electron chi connectivity index (χ2n) is 3.24. The molecule has 2 aromatic rings. The number of fused-ring (bicyclic) bond motifs is 1. The van der Waals surface area contributed by atoms with Gasteiger partial charge in [0.2, 0.25) is 0 Å². The van der Waals surface area contributed by atoms with Crippen LogP contribution in [0.2, 0.25) is 0 Å². The summed E-state index contributed by atoms with van der Waals surface area (Å²) in [5.41, 5.74) is 2.33. The maximum atomic E-state index is 3.80. The van der Waals surface area contributed by atoms with Crippen molar-refractivity contribution in [1.82, 2.24) is 0 Å². The van der Waals surface area contributed by atoms with Crippen LogP contribution in [0, 0.1) is 0 Å². The third-order valence-corrected chi connectivity index (χ3v) is 2.39. The highest BCUT2D eigenvalue weighted by Gasteiger charge is 1.97. The van der Waals surface area contributed by atoms with Gasteiger partial charge in [-0.15, -0.1) is 0 Å². The summed E-state index contributed by atoms with van der Waals surface area (Å²) in [4.78, 5) is 0. The van der Waals surface area contributed by atoms with Crippen LogP contribution in [0.4, 0.5) is 0 Å². The largest absolute Gasteiger partial charge is 0.0985 e. The molecule has 0 heterocycles. The van der Waals surface area contributed by atoms with Crippen molar-refractivity contribution in [2.45, 2.75) is 0 Å². The van der Waals surface area contributed by atoms with Crippen LogP contribution in [0.5, 0.6) is 0 Å². The van der Waals surface area contributed by atoms with Gasteiger partial charge in [-0.25, -0.2) is 0 Å². The van der Waals surface area contributed by atoms with E-state index in [1.165, 1.54) is 16.3 Å². The smallest absolute Gasteiger partial charge is 0.0111 e. The topological polar surface area (TPSA) is 0 Å². The Kier molecular flexibility index (Phi) is 2.19. The fourth-order valence-corrected chi connectivity index (χ4v) is 1.63. The van der Waals surface area contributed by atoms with Crippen molar-refractivity contribution >= 4 is 22.9 Å². The van der Waals surface area contributed by atoms with E-state index in [1.54, 1.807) is 0 Å². The predicted octanol–water partition coefficient (Wildman–Crippen LogP) is 4.13. The van der Waals surface area contributed by atoms with Crippen molar-refractivity contribution in [3.8, 4) is 0 Å². The first-order chi connectivity index (χ1) is 6.85. The number of hydrogen-bond acceptors (Lipinski definition) is 0. The first-order valence-electron chi connectivity index (χ1n) is 4.63. The maximum Gasteiger partial charge on any atom is -0.0111 e. The second-order valence-corrected chi connectivity index (χ2v) is 3.24. The van der Waals surface area contributed by atoms with Crippen molar-refractivity contribution < 1.29 is 0 Å². The minimum absolute atomic E-state index is 1.15. The average molecular weight is 180 g/mol. The third-order valence-electron chi connectivity index (χ3n) is 2.39. The minimum atomic E-state index is 1.15. The Labute approximate surface area is 84.2 Å². The number of hydrogen-bond donors (Lipinski definition) is 0. The van der Waals surface area contributed by atoms with Crippen molar-refractivity contribution in [3.63, 3.8) is 0 Å². The van der Waals surface area contributed by atoms with E-state index in [0.717, 1.165) is 5.56 Å². The van der Waals surface area contributed by atoms with Gasteiger partial charge in [-0.05, 0) is 28.0 Å². The molecule has 0 N–H and O–H groups in total. The normalized spacial score (nSPS) is 10.0. The molecule has 0 atom stereocenters. The lowest BCUT2D eigenvalue weighted by Gasteiger charge is -2.02. The average Bonchev–Trinajstić information content (AvgIpc) is 2.27. The molecule has 68 valence electrons. The van der Waals surface area contributed by atoms with Gasteiger partial charge in [0.15, 0.2) is 0 Å². The highest BCUT2D eigenvalue weighted by Crippen LogP contribution is 2.21. The Balaban J connectivity index is 2.79. The summed E-state index contributed by atoms with van der Waals surface area (Å²) in [7, 11) is 0. The van der Waals surface area contributed by atoms with E-state index in [4.69, 9.17) is 0 Å². The lowest BCUT2D eigenvalue weighted by atomic mass is 10.0. The molecular formula is C14H12. The van der Waals surface area contributed by atoms with Crippen molar-refractivity contribution in [3.05, 3.63) is 60.7 Å². The summed E-state index contributed by atoms with van der Waals surface area (Å²) < 4.78 is 0. The van der Waals surface area contributed by atoms with Gasteiger partial charge in [0, 0.05) is 0 Å². The first kappa shape index (κ1) is 8.76. The summed E-state index contributed by atoms with van der Waals surface area (Å²) in [5, 5.41) is 2.48. The first-order valence-corrected chi connectivity index (χ1v) is 4.63. The monoisotopic (exact) mass is 180 g/mol. The van der Waals surface area contributed by atoms with Crippen LogP contribution in [0.1, 0.15) is 11.1 Å². The Morgan fingerprint density at radius 2 is 1.79 bits per heavy atom. The number of benzene rings is 2. The molecule has 0 nitrogen and oxygen atoms in total. The molecule has 0 bridgehead atoms. The van der Waals surface area contributed by atoms with Crippen LogP contribution in [-0.2, 0) is 0 Å². The summed E-state index contributed by atoms with van der Waals surface area (Å²) >= 11 is 0. The standard InChI is InChI=1S/C14H12/c1-3-11-8-9-14-12(4-2)6-5-7-13(14)10-11/h3-10H,1-2H2. The lowest BCUT2D eigenvalue weighted by molar-refractivity contribution is 1.69. The molecule has 0 aliphatic rings. The van der Waals surface area contributed by atoms with E-state index in [9.17, 15) is 0 Å². The molecule has 14 heavy (non-hydrogen) atoms. The van der Waals surface area contributed by atoms with Crippen LogP contribution in [0.3, 0.4) is 0 Å². The fraction of sp³-hybridized carbons (Fsp3) is 0. The van der Waals surface area contributed by atoms with Gasteiger partial charge in [-0.3, -0.25) is 0 Å². The highest BCUT2D eigenvalue weighted by atomic mass is 14.0. The number of rotatable bonds is 2. The van der Waals surface area contributed by atoms with E-state index in [2.05, 4.69) is 43.5 Å². The molecular weight excluding hydrogens is 168 g/mol. The Morgan fingerprint density at radius 1 is 0.929 bits per heavy atom. The van der Waals surface area contributed by atoms with Crippen molar-refractivity contribution in [2.24, 2.45) is 0 Å². The van der Waals surface area contributed by atoms with Gasteiger partial charge in [-0.1, -0.05) is 55.6 Å². The van der Waals surface area contributed by atoms with Crippen molar-refractivity contribution in [2.75, 3.05) is 0 Å². The maximum absolute atomic E-state index is 3.80.